The number of halogens is 1. The number of hydrogen-bond acceptors (Lipinski definition) is 5. The van der Waals surface area contributed by atoms with Crippen molar-refractivity contribution < 1.29 is 9.53 Å². The average molecular weight is 511 g/mol. The molecule has 0 radical (unpaired) electrons. The molecule has 0 saturated carbocycles. The molecule has 156 valence electrons. The Labute approximate surface area is 184 Å². The van der Waals surface area contributed by atoms with Gasteiger partial charge in [0.25, 0.3) is 0 Å². The Bertz CT molecular complexity index is 580. The molecule has 0 spiro atoms. The molecule has 1 amide bonds. The number of ether oxygens (including phenoxy) is 1. The minimum absolute atomic E-state index is 0. The summed E-state index contributed by atoms with van der Waals surface area (Å²) < 4.78 is 5.01. The summed E-state index contributed by atoms with van der Waals surface area (Å²) in [4.78, 5) is 23.0. The number of amides is 1. The van der Waals surface area contributed by atoms with Crippen LogP contribution in [0.2, 0.25) is 0 Å². The van der Waals surface area contributed by atoms with Gasteiger partial charge in [-0.2, -0.15) is 0 Å². The van der Waals surface area contributed by atoms with Crippen molar-refractivity contribution in [3.8, 4) is 0 Å². The third-order valence-corrected chi connectivity index (χ3v) is 4.40. The zero-order valence-corrected chi connectivity index (χ0v) is 20.4. The molecule has 0 fully saturated rings. The molecule has 0 saturated heterocycles. The van der Waals surface area contributed by atoms with Crippen LogP contribution in [0.4, 0.5) is 4.79 Å². The maximum atomic E-state index is 11.8. The predicted molar refractivity (Wildman–Crippen MR) is 123 cm³/mol. The van der Waals surface area contributed by atoms with Crippen molar-refractivity contribution in [1.29, 1.82) is 0 Å². The van der Waals surface area contributed by atoms with Crippen LogP contribution in [0.25, 0.3) is 0 Å². The van der Waals surface area contributed by atoms with Crippen LogP contribution in [0.1, 0.15) is 44.8 Å². The van der Waals surface area contributed by atoms with Crippen molar-refractivity contribution in [1.82, 2.24) is 20.5 Å². The number of aliphatic imine (C=N–C) groups is 1. The van der Waals surface area contributed by atoms with Gasteiger partial charge in [0.2, 0.25) is 0 Å². The number of hydrogen-bond donors (Lipinski definition) is 2. The van der Waals surface area contributed by atoms with E-state index in [1.807, 2.05) is 20.9 Å². The molecule has 27 heavy (non-hydrogen) atoms. The first kappa shape index (κ1) is 25.9. The summed E-state index contributed by atoms with van der Waals surface area (Å²) in [5.74, 6) is 1.26. The Morgan fingerprint density at radius 3 is 2.63 bits per heavy atom. The van der Waals surface area contributed by atoms with E-state index >= 15 is 0 Å². The highest BCUT2D eigenvalue weighted by Crippen LogP contribution is 2.10. The van der Waals surface area contributed by atoms with Gasteiger partial charge in [0.05, 0.1) is 36.4 Å². The quantitative estimate of drug-likeness (QED) is 0.301. The number of carbonyl (C=O) groups is 1. The van der Waals surface area contributed by atoms with Crippen molar-refractivity contribution in [3.63, 3.8) is 0 Å². The van der Waals surface area contributed by atoms with Gasteiger partial charge in [-0.25, -0.2) is 9.78 Å². The van der Waals surface area contributed by atoms with E-state index in [2.05, 4.69) is 39.7 Å². The Balaban J connectivity index is 0.00000676. The second kappa shape index (κ2) is 14.0. The average Bonchev–Trinajstić information content (AvgIpc) is 2.95. The molecule has 0 aliphatic carbocycles. The summed E-state index contributed by atoms with van der Waals surface area (Å²) in [6.07, 6.45) is 0.459. The van der Waals surface area contributed by atoms with Crippen LogP contribution in [-0.2, 0) is 11.3 Å². The van der Waals surface area contributed by atoms with Gasteiger partial charge in [0, 0.05) is 19.0 Å². The minimum Gasteiger partial charge on any atom is -0.450 e. The second-order valence-electron chi connectivity index (χ2n) is 6.60. The Morgan fingerprint density at radius 2 is 2.11 bits per heavy atom. The topological polar surface area (TPSA) is 78.8 Å². The van der Waals surface area contributed by atoms with Crippen molar-refractivity contribution in [2.24, 2.45) is 10.9 Å². The Morgan fingerprint density at radius 1 is 1.41 bits per heavy atom. The second-order valence-corrected chi connectivity index (χ2v) is 7.66. The molecule has 1 atom stereocenters. The van der Waals surface area contributed by atoms with Gasteiger partial charge in [-0.05, 0) is 33.1 Å². The van der Waals surface area contributed by atoms with E-state index in [0.717, 1.165) is 29.6 Å². The van der Waals surface area contributed by atoms with Crippen LogP contribution in [-0.4, -0.2) is 54.7 Å². The lowest BCUT2D eigenvalue weighted by Gasteiger charge is -2.23. The number of thiazole rings is 1. The Hall–Kier alpha value is -1.10. The molecule has 0 aliphatic heterocycles. The number of rotatable bonds is 9. The van der Waals surface area contributed by atoms with Gasteiger partial charge in [-0.3, -0.25) is 4.99 Å². The molecule has 1 heterocycles. The highest BCUT2D eigenvalue weighted by atomic mass is 127. The summed E-state index contributed by atoms with van der Waals surface area (Å²) in [6, 6.07) is -0.0578. The fraction of sp³-hybridized carbons (Fsp3) is 0.722. The van der Waals surface area contributed by atoms with Gasteiger partial charge in [-0.1, -0.05) is 13.8 Å². The van der Waals surface area contributed by atoms with Gasteiger partial charge in [0.15, 0.2) is 5.96 Å². The van der Waals surface area contributed by atoms with E-state index < -0.39 is 0 Å². The van der Waals surface area contributed by atoms with Gasteiger partial charge >= 0.3 is 6.09 Å². The molecule has 1 aromatic heterocycles. The number of guanidine groups is 1. The van der Waals surface area contributed by atoms with Crippen LogP contribution in [0.3, 0.4) is 0 Å². The number of nitrogens with one attached hydrogen (secondary N) is 2. The van der Waals surface area contributed by atoms with E-state index in [1.54, 1.807) is 18.3 Å². The number of aryl methyl sites for hydroxylation is 1. The first-order valence-corrected chi connectivity index (χ1v) is 10.1. The number of nitrogens with zero attached hydrogens (tertiary/aromatic N) is 3. The summed E-state index contributed by atoms with van der Waals surface area (Å²) in [6.45, 7) is 12.4. The lowest BCUT2D eigenvalue weighted by atomic mass is 10.0. The molecular formula is C18H34IN5O2S. The highest BCUT2D eigenvalue weighted by molar-refractivity contribution is 14.0. The first-order valence-electron chi connectivity index (χ1n) is 9.19. The molecule has 7 nitrogen and oxygen atoms in total. The normalized spacial score (nSPS) is 12.3. The SMILES string of the molecule is CCNC(=NCC(CC(C)C)NC(=O)OCC)N(C)Cc1csc(C)n1.I. The zero-order chi connectivity index (χ0) is 19.5. The standard InChI is InChI=1S/C18H33N5O2S.HI/c1-7-19-17(23(6)11-16-12-26-14(5)21-16)20-10-15(9-13(3)4)22-18(24)25-8-2;/h12-13,15H,7-11H2,1-6H3,(H,19,20)(H,22,24);1H. The van der Waals surface area contributed by atoms with Gasteiger partial charge < -0.3 is 20.3 Å². The summed E-state index contributed by atoms with van der Waals surface area (Å²) in [5, 5.41) is 9.35. The van der Waals surface area contributed by atoms with E-state index in [0.29, 0.717) is 25.6 Å². The van der Waals surface area contributed by atoms with Crippen molar-refractivity contribution >= 4 is 47.4 Å². The fourth-order valence-electron chi connectivity index (χ4n) is 2.55. The summed E-state index contributed by atoms with van der Waals surface area (Å²) >= 11 is 1.65. The molecule has 9 heteroatoms. The van der Waals surface area contributed by atoms with Crippen LogP contribution in [0.5, 0.6) is 0 Å². The number of carbonyl (C=O) groups excluding carboxylic acids is 1. The molecule has 1 rings (SSSR count). The number of aromatic nitrogens is 1. The van der Waals surface area contributed by atoms with Crippen molar-refractivity contribution in [3.05, 3.63) is 16.1 Å². The highest BCUT2D eigenvalue weighted by Gasteiger charge is 2.16. The van der Waals surface area contributed by atoms with Crippen molar-refractivity contribution in [2.75, 3.05) is 26.7 Å². The molecule has 1 aromatic rings. The van der Waals surface area contributed by atoms with Crippen LogP contribution >= 0.6 is 35.3 Å². The first-order chi connectivity index (χ1) is 12.3. The van der Waals surface area contributed by atoms with Crippen LogP contribution in [0, 0.1) is 12.8 Å². The molecule has 0 aliphatic rings. The molecular weight excluding hydrogens is 477 g/mol. The van der Waals surface area contributed by atoms with Crippen LogP contribution < -0.4 is 10.6 Å². The Kier molecular flexibility index (Phi) is 13.4. The maximum Gasteiger partial charge on any atom is 0.407 e. The third-order valence-electron chi connectivity index (χ3n) is 3.58. The molecule has 0 bridgehead atoms. The van der Waals surface area contributed by atoms with E-state index in [1.165, 1.54) is 0 Å². The zero-order valence-electron chi connectivity index (χ0n) is 17.2. The van der Waals surface area contributed by atoms with Gasteiger partial charge in [-0.15, -0.1) is 35.3 Å². The lowest BCUT2D eigenvalue weighted by molar-refractivity contribution is 0.147. The van der Waals surface area contributed by atoms with E-state index in [-0.39, 0.29) is 36.1 Å². The number of alkyl carbamates (subject to hydrolysis) is 1. The molecule has 1 unspecified atom stereocenters. The minimum atomic E-state index is -0.385. The van der Waals surface area contributed by atoms with Crippen LogP contribution in [0.15, 0.2) is 10.4 Å². The summed E-state index contributed by atoms with van der Waals surface area (Å²) in [5.41, 5.74) is 1.03. The van der Waals surface area contributed by atoms with E-state index in [9.17, 15) is 4.79 Å². The maximum absolute atomic E-state index is 11.8. The smallest absolute Gasteiger partial charge is 0.407 e. The monoisotopic (exact) mass is 511 g/mol. The summed E-state index contributed by atoms with van der Waals surface area (Å²) in [7, 11) is 1.99. The third kappa shape index (κ3) is 10.7. The fourth-order valence-corrected chi connectivity index (χ4v) is 3.16. The van der Waals surface area contributed by atoms with E-state index in [4.69, 9.17) is 9.73 Å². The molecule has 0 aromatic carbocycles. The largest absolute Gasteiger partial charge is 0.450 e. The lowest BCUT2D eigenvalue weighted by Crippen LogP contribution is -2.42. The predicted octanol–water partition coefficient (Wildman–Crippen LogP) is 3.63. The molecule has 2 N–H and O–H groups in total. The van der Waals surface area contributed by atoms with Crippen molar-refractivity contribution in [2.45, 2.75) is 53.6 Å². The van der Waals surface area contributed by atoms with Gasteiger partial charge in [0.1, 0.15) is 0 Å².